The van der Waals surface area contributed by atoms with Crippen LogP contribution in [0.25, 0.3) is 0 Å². The topological polar surface area (TPSA) is 55.8 Å². The number of aliphatic hydroxyl groups is 1. The lowest BCUT2D eigenvalue weighted by atomic mass is 10.2. The van der Waals surface area contributed by atoms with Gasteiger partial charge in [0.2, 0.25) is 5.91 Å². The van der Waals surface area contributed by atoms with Crippen molar-refractivity contribution in [3.8, 4) is 0 Å². The Bertz CT molecular complexity index is 265. The number of piperazine rings is 1. The van der Waals surface area contributed by atoms with E-state index in [-0.39, 0.29) is 18.1 Å². The van der Waals surface area contributed by atoms with Gasteiger partial charge in [0, 0.05) is 38.8 Å². The molecular formula is C14H29N3O2. The molecule has 19 heavy (non-hydrogen) atoms. The van der Waals surface area contributed by atoms with Crippen LogP contribution in [-0.2, 0) is 4.79 Å². The van der Waals surface area contributed by atoms with Gasteiger partial charge in [-0.25, -0.2) is 0 Å². The first-order chi connectivity index (χ1) is 9.05. The fourth-order valence-electron chi connectivity index (χ4n) is 2.18. The average molecular weight is 271 g/mol. The highest BCUT2D eigenvalue weighted by atomic mass is 16.3. The molecule has 1 aliphatic heterocycles. The number of nitrogens with one attached hydrogen (secondary N) is 1. The van der Waals surface area contributed by atoms with E-state index in [1.165, 1.54) is 0 Å². The summed E-state index contributed by atoms with van der Waals surface area (Å²) >= 11 is 0. The molecule has 0 spiro atoms. The molecule has 1 aliphatic rings. The highest BCUT2D eigenvalue weighted by Gasteiger charge is 2.20. The summed E-state index contributed by atoms with van der Waals surface area (Å²) in [4.78, 5) is 16.2. The first-order valence-electron chi connectivity index (χ1n) is 7.47. The van der Waals surface area contributed by atoms with Crippen LogP contribution in [0.4, 0.5) is 0 Å². The number of carbonyl (C=O) groups excluding carboxylic acids is 1. The molecule has 0 aromatic heterocycles. The SMILES string of the molecule is CCC(C)NC(=O)CN1CCN(C[C@H](O)CC)CC1. The fourth-order valence-corrected chi connectivity index (χ4v) is 2.18. The molecule has 0 saturated carbocycles. The van der Waals surface area contributed by atoms with Crippen LogP contribution in [0.5, 0.6) is 0 Å². The summed E-state index contributed by atoms with van der Waals surface area (Å²) in [6, 6.07) is 0.258. The predicted octanol–water partition coefficient (Wildman–Crippen LogP) is 0.290. The summed E-state index contributed by atoms with van der Waals surface area (Å²) in [5.41, 5.74) is 0. The van der Waals surface area contributed by atoms with Crippen LogP contribution in [0.2, 0.25) is 0 Å². The van der Waals surface area contributed by atoms with Gasteiger partial charge in [0.05, 0.1) is 12.6 Å². The minimum atomic E-state index is -0.222. The molecule has 1 saturated heterocycles. The highest BCUT2D eigenvalue weighted by Crippen LogP contribution is 2.04. The second-order valence-corrected chi connectivity index (χ2v) is 5.52. The van der Waals surface area contributed by atoms with Crippen LogP contribution in [0.1, 0.15) is 33.6 Å². The van der Waals surface area contributed by atoms with E-state index >= 15 is 0 Å². The summed E-state index contributed by atoms with van der Waals surface area (Å²) < 4.78 is 0. The van der Waals surface area contributed by atoms with Crippen LogP contribution >= 0.6 is 0 Å². The van der Waals surface area contributed by atoms with Crippen molar-refractivity contribution < 1.29 is 9.90 Å². The zero-order valence-electron chi connectivity index (χ0n) is 12.6. The molecule has 5 nitrogen and oxygen atoms in total. The Kier molecular flexibility index (Phi) is 7.34. The first kappa shape index (κ1) is 16.4. The second kappa shape index (κ2) is 8.51. The normalized spacial score (nSPS) is 21.1. The van der Waals surface area contributed by atoms with Gasteiger partial charge < -0.3 is 10.4 Å². The number of amides is 1. The van der Waals surface area contributed by atoms with E-state index in [1.807, 2.05) is 13.8 Å². The number of hydrogen-bond donors (Lipinski definition) is 2. The summed E-state index contributed by atoms with van der Waals surface area (Å²) in [5.74, 6) is 0.122. The van der Waals surface area contributed by atoms with Gasteiger partial charge in [0.15, 0.2) is 0 Å². The predicted molar refractivity (Wildman–Crippen MR) is 77.1 cm³/mol. The molecule has 1 amide bonds. The number of β-amino-alcohol motifs (C(OH)–C–C–N with tert-alkyl or cyclic N) is 1. The Morgan fingerprint density at radius 2 is 1.74 bits per heavy atom. The van der Waals surface area contributed by atoms with E-state index < -0.39 is 0 Å². The molecule has 0 aromatic rings. The smallest absolute Gasteiger partial charge is 0.234 e. The second-order valence-electron chi connectivity index (χ2n) is 5.52. The van der Waals surface area contributed by atoms with Gasteiger partial charge in [-0.05, 0) is 19.8 Å². The molecule has 1 rings (SSSR count). The lowest BCUT2D eigenvalue weighted by Gasteiger charge is -2.35. The third kappa shape index (κ3) is 6.36. The standard InChI is InChI=1S/C14H29N3O2/c1-4-12(3)15-14(19)11-17-8-6-16(7-9-17)10-13(18)5-2/h12-13,18H,4-11H2,1-3H3,(H,15,19)/t12?,13-/m1/s1. The molecule has 1 fully saturated rings. The maximum Gasteiger partial charge on any atom is 0.234 e. The molecule has 2 N–H and O–H groups in total. The number of carbonyl (C=O) groups is 1. The van der Waals surface area contributed by atoms with Crippen molar-refractivity contribution >= 4 is 5.91 Å². The molecule has 0 radical (unpaired) electrons. The third-order valence-electron chi connectivity index (χ3n) is 3.79. The lowest BCUT2D eigenvalue weighted by Crippen LogP contribution is -2.51. The Balaban J connectivity index is 2.21. The van der Waals surface area contributed by atoms with Gasteiger partial charge in [-0.2, -0.15) is 0 Å². The van der Waals surface area contributed by atoms with Crippen molar-refractivity contribution in [2.45, 2.75) is 45.8 Å². The average Bonchev–Trinajstić information content (AvgIpc) is 2.40. The fraction of sp³-hybridized carbons (Fsp3) is 0.929. The van der Waals surface area contributed by atoms with Crippen LogP contribution < -0.4 is 5.32 Å². The van der Waals surface area contributed by atoms with Gasteiger partial charge in [-0.3, -0.25) is 14.6 Å². The number of hydrogen-bond acceptors (Lipinski definition) is 4. The van der Waals surface area contributed by atoms with Crippen LogP contribution in [0.3, 0.4) is 0 Å². The van der Waals surface area contributed by atoms with Gasteiger partial charge >= 0.3 is 0 Å². The third-order valence-corrected chi connectivity index (χ3v) is 3.79. The molecule has 2 atom stereocenters. The maximum absolute atomic E-state index is 11.8. The largest absolute Gasteiger partial charge is 0.392 e. The highest BCUT2D eigenvalue weighted by molar-refractivity contribution is 5.78. The van der Waals surface area contributed by atoms with E-state index in [0.717, 1.165) is 45.6 Å². The van der Waals surface area contributed by atoms with Gasteiger partial charge in [-0.15, -0.1) is 0 Å². The zero-order chi connectivity index (χ0) is 14.3. The summed E-state index contributed by atoms with van der Waals surface area (Å²) in [6.45, 7) is 11.0. The molecule has 0 bridgehead atoms. The molecule has 0 aliphatic carbocycles. The summed E-state index contributed by atoms with van der Waals surface area (Å²) in [7, 11) is 0. The van der Waals surface area contributed by atoms with E-state index in [1.54, 1.807) is 0 Å². The van der Waals surface area contributed by atoms with Gasteiger partial charge in [0.25, 0.3) is 0 Å². The number of aliphatic hydroxyl groups excluding tert-OH is 1. The lowest BCUT2D eigenvalue weighted by molar-refractivity contribution is -0.123. The summed E-state index contributed by atoms with van der Waals surface area (Å²) in [5, 5.41) is 12.6. The number of rotatable bonds is 7. The van der Waals surface area contributed by atoms with E-state index in [2.05, 4.69) is 22.0 Å². The minimum absolute atomic E-state index is 0.122. The Morgan fingerprint density at radius 3 is 2.26 bits per heavy atom. The molecular weight excluding hydrogens is 242 g/mol. The van der Waals surface area contributed by atoms with E-state index in [0.29, 0.717) is 6.54 Å². The summed E-state index contributed by atoms with van der Waals surface area (Å²) in [6.07, 6.45) is 1.55. The molecule has 5 heteroatoms. The quantitative estimate of drug-likeness (QED) is 0.699. The Morgan fingerprint density at radius 1 is 1.16 bits per heavy atom. The van der Waals surface area contributed by atoms with Crippen LogP contribution in [-0.4, -0.2) is 72.2 Å². The molecule has 1 heterocycles. The van der Waals surface area contributed by atoms with E-state index in [9.17, 15) is 9.90 Å². The van der Waals surface area contributed by atoms with Crippen LogP contribution in [0, 0.1) is 0 Å². The molecule has 0 aromatic carbocycles. The van der Waals surface area contributed by atoms with Crippen LogP contribution in [0.15, 0.2) is 0 Å². The van der Waals surface area contributed by atoms with Crippen molar-refractivity contribution in [1.82, 2.24) is 15.1 Å². The molecule has 1 unspecified atom stereocenters. The monoisotopic (exact) mass is 271 g/mol. The zero-order valence-corrected chi connectivity index (χ0v) is 12.6. The number of nitrogens with zero attached hydrogens (tertiary/aromatic N) is 2. The van der Waals surface area contributed by atoms with Crippen molar-refractivity contribution in [2.75, 3.05) is 39.3 Å². The van der Waals surface area contributed by atoms with Crippen molar-refractivity contribution in [3.63, 3.8) is 0 Å². The maximum atomic E-state index is 11.8. The molecule has 112 valence electrons. The van der Waals surface area contributed by atoms with Crippen molar-refractivity contribution in [3.05, 3.63) is 0 Å². The van der Waals surface area contributed by atoms with Crippen molar-refractivity contribution in [1.29, 1.82) is 0 Å². The van der Waals surface area contributed by atoms with Gasteiger partial charge in [0.1, 0.15) is 0 Å². The first-order valence-corrected chi connectivity index (χ1v) is 7.47. The van der Waals surface area contributed by atoms with E-state index in [4.69, 9.17) is 0 Å². The van der Waals surface area contributed by atoms with Crippen molar-refractivity contribution in [2.24, 2.45) is 0 Å². The minimum Gasteiger partial charge on any atom is -0.392 e. The Hall–Kier alpha value is -0.650. The van der Waals surface area contributed by atoms with Gasteiger partial charge in [-0.1, -0.05) is 13.8 Å². The Labute approximate surface area is 117 Å².